The van der Waals surface area contributed by atoms with Crippen molar-refractivity contribution < 1.29 is 34.0 Å². The second-order valence-electron chi connectivity index (χ2n) is 26.9. The highest BCUT2D eigenvalue weighted by Gasteiger charge is 2.49. The van der Waals surface area contributed by atoms with Crippen molar-refractivity contribution in [1.82, 2.24) is 0 Å². The molecule has 0 aromatic heterocycles. The zero-order valence-corrected chi connectivity index (χ0v) is 60.1. The van der Waals surface area contributed by atoms with Crippen LogP contribution in [0.3, 0.4) is 0 Å². The Hall–Kier alpha value is -0.760. The predicted octanol–water partition coefficient (Wildman–Crippen LogP) is 26.3. The summed E-state index contributed by atoms with van der Waals surface area (Å²) in [6.45, 7) is 3.45. The van der Waals surface area contributed by atoms with Crippen LogP contribution in [-0.4, -0.2) is 57.0 Å². The molecule has 0 aliphatic heterocycles. The van der Waals surface area contributed by atoms with Gasteiger partial charge in [0.2, 0.25) is 0 Å². The number of rotatable bonds is 72. The second kappa shape index (κ2) is 66.7. The molecule has 0 aliphatic rings. The normalized spacial score (nSPS) is 14.1. The van der Waals surface area contributed by atoms with Gasteiger partial charge in [0.15, 0.2) is 0 Å². The van der Waals surface area contributed by atoms with Crippen molar-refractivity contribution in [3.8, 4) is 0 Å². The van der Waals surface area contributed by atoms with Crippen LogP contribution < -0.4 is 0 Å². The van der Waals surface area contributed by atoms with Crippen LogP contribution in [0.25, 0.3) is 0 Å². The molecule has 0 aliphatic carbocycles. The Bertz CT molecular complexity index is 1360. The van der Waals surface area contributed by atoms with E-state index >= 15 is 4.57 Å². The number of allylic oxidation sites excluding steroid dienone is 8. The zero-order valence-electron chi connectivity index (χ0n) is 58.5. The molecule has 0 rings (SSSR count). The topological polar surface area (TPSA) is 116 Å². The fourth-order valence-corrected chi connectivity index (χ4v) is 15.0. The molecule has 0 heterocycles. The lowest BCUT2D eigenvalue weighted by molar-refractivity contribution is -0.121. The molecule has 9 heteroatoms. The first-order chi connectivity index (χ1) is 42.6. The number of aliphatic hydroxyl groups is 4. The molecule has 2 unspecified atom stereocenters. The molecule has 87 heavy (non-hydrogen) atoms. The Labute approximate surface area is 547 Å². The highest BCUT2D eigenvalue weighted by atomic mass is 35.7. The van der Waals surface area contributed by atoms with E-state index in [9.17, 15) is 20.4 Å². The summed E-state index contributed by atoms with van der Waals surface area (Å²) in [4.78, 5) is 0. The summed E-state index contributed by atoms with van der Waals surface area (Å²) < 4.78 is 28.3. The molecule has 0 fully saturated rings. The van der Waals surface area contributed by atoms with E-state index in [4.69, 9.17) is 20.3 Å². The first kappa shape index (κ1) is 86.2. The van der Waals surface area contributed by atoms with Gasteiger partial charge < -0.3 is 20.4 Å². The highest BCUT2D eigenvalue weighted by Crippen LogP contribution is 2.62. The quantitative estimate of drug-likeness (QED) is 0.0272. The van der Waals surface area contributed by atoms with Crippen LogP contribution in [0, 0.1) is 0 Å². The summed E-state index contributed by atoms with van der Waals surface area (Å²) in [7, 11) is 0. The van der Waals surface area contributed by atoms with E-state index in [1.54, 1.807) is 0 Å². The summed E-state index contributed by atoms with van der Waals surface area (Å²) >= 11 is 7.12. The zero-order chi connectivity index (χ0) is 63.6. The van der Waals surface area contributed by atoms with E-state index in [1.165, 1.54) is 231 Å². The Morgan fingerprint density at radius 2 is 0.437 bits per heavy atom. The van der Waals surface area contributed by atoms with Gasteiger partial charge in [-0.05, 0) is 128 Å². The van der Waals surface area contributed by atoms with Gasteiger partial charge in [-0.25, -0.2) is 4.57 Å². The van der Waals surface area contributed by atoms with Crippen LogP contribution in [0.1, 0.15) is 413 Å². The van der Waals surface area contributed by atoms with E-state index in [2.05, 4.69) is 76.3 Å². The van der Waals surface area contributed by atoms with E-state index in [0.717, 1.165) is 128 Å². The lowest BCUT2D eigenvalue weighted by atomic mass is 9.85. The van der Waals surface area contributed by atoms with Crippen molar-refractivity contribution in [2.24, 2.45) is 0 Å². The van der Waals surface area contributed by atoms with Crippen molar-refractivity contribution in [3.05, 3.63) is 48.6 Å². The minimum Gasteiger partial charge on any atom is -0.394 e. The summed E-state index contributed by atoms with van der Waals surface area (Å²) in [5, 5.41) is 45.1. The Morgan fingerprint density at radius 1 is 0.287 bits per heavy atom. The Balaban J connectivity index is 6.01. The van der Waals surface area contributed by atoms with Crippen molar-refractivity contribution in [2.75, 3.05) is 13.2 Å². The monoisotopic (exact) mass is 1270 g/mol. The molecule has 7 nitrogen and oxygen atoms in total. The van der Waals surface area contributed by atoms with E-state index in [-0.39, 0.29) is 0 Å². The molecular formula is C78H150ClO7P. The average molecular weight is 1270 g/mol. The van der Waals surface area contributed by atoms with Crippen LogP contribution in [0.15, 0.2) is 48.6 Å². The van der Waals surface area contributed by atoms with Crippen LogP contribution in [0.5, 0.6) is 0 Å². The fraction of sp³-hybridized carbons (Fsp3) is 0.897. The average Bonchev–Trinajstić information content (AvgIpc) is 1.34. The molecule has 516 valence electrons. The maximum atomic E-state index is 15.1. The minimum absolute atomic E-state index is 0.389. The van der Waals surface area contributed by atoms with Gasteiger partial charge in [0.05, 0.1) is 13.2 Å². The molecule has 0 aromatic rings. The van der Waals surface area contributed by atoms with Crippen molar-refractivity contribution in [2.45, 2.75) is 436 Å². The van der Waals surface area contributed by atoms with Crippen LogP contribution >= 0.6 is 18.2 Å². The van der Waals surface area contributed by atoms with E-state index in [0.29, 0.717) is 25.7 Å². The number of hydrogen-bond acceptors (Lipinski definition) is 7. The predicted molar refractivity (Wildman–Crippen MR) is 384 cm³/mol. The fourth-order valence-electron chi connectivity index (χ4n) is 12.7. The molecule has 0 saturated heterocycles. The van der Waals surface area contributed by atoms with Gasteiger partial charge in [-0.3, -0.25) is 9.05 Å². The number of unbranched alkanes of at least 4 members (excludes halogenated alkanes) is 48. The third-order valence-electron chi connectivity index (χ3n) is 18.6. The van der Waals surface area contributed by atoms with Crippen LogP contribution in [0.4, 0.5) is 0 Å². The molecule has 2 atom stereocenters. The number of aliphatic hydroxyl groups excluding tert-OH is 4. The maximum Gasteiger partial charge on any atom is 0.425 e. The number of hydrogen-bond donors (Lipinski definition) is 4. The van der Waals surface area contributed by atoms with Gasteiger partial charge in [-0.2, -0.15) is 0 Å². The molecule has 0 radical (unpaired) electrons. The molecule has 0 amide bonds. The lowest BCUT2D eigenvalue weighted by Gasteiger charge is -2.42. The minimum atomic E-state index is -4.53. The van der Waals surface area contributed by atoms with Gasteiger partial charge in [0, 0.05) is 11.2 Å². The molecular weight excluding hydrogens is 1120 g/mol. The lowest BCUT2D eigenvalue weighted by Crippen LogP contribution is -2.49. The highest BCUT2D eigenvalue weighted by molar-refractivity contribution is 7.81. The second-order valence-corrected chi connectivity index (χ2v) is 29.4. The van der Waals surface area contributed by atoms with E-state index in [1.807, 2.05) is 0 Å². The third-order valence-corrected chi connectivity index (χ3v) is 20.2. The summed E-state index contributed by atoms with van der Waals surface area (Å²) in [6, 6.07) is 0. The smallest absolute Gasteiger partial charge is 0.394 e. The summed E-state index contributed by atoms with van der Waals surface area (Å²) in [5.41, 5.74) is -2.78. The van der Waals surface area contributed by atoms with Crippen LogP contribution in [0.2, 0.25) is 0 Å². The molecule has 0 bridgehead atoms. The SMILES string of the molecule is CCCCCCCC/C=C\CCCCCCCCC(CCCCCCCC/C=C\CCCCCCCC)(OP(=O)(Cl)OC(CCCCCCCC/C=C\CCCCCCCC)(CCCCCCCC/C=C\CCCCCCCC)C(O)CO)C(O)CO. The van der Waals surface area contributed by atoms with Gasteiger partial charge in [-0.1, -0.05) is 333 Å². The van der Waals surface area contributed by atoms with Crippen molar-refractivity contribution in [1.29, 1.82) is 0 Å². The van der Waals surface area contributed by atoms with Gasteiger partial charge in [-0.15, -0.1) is 0 Å². The molecule has 0 saturated carbocycles. The molecule has 0 spiro atoms. The summed E-state index contributed by atoms with van der Waals surface area (Å²) in [5.74, 6) is 0. The number of halogens is 1. The first-order valence-electron chi connectivity index (χ1n) is 38.5. The van der Waals surface area contributed by atoms with Gasteiger partial charge in [0.25, 0.3) is 0 Å². The van der Waals surface area contributed by atoms with Crippen molar-refractivity contribution in [3.63, 3.8) is 0 Å². The van der Waals surface area contributed by atoms with Crippen molar-refractivity contribution >= 4 is 18.2 Å². The summed E-state index contributed by atoms with van der Waals surface area (Å²) in [6.07, 6.45) is 83.9. The Kier molecular flexibility index (Phi) is 66.1. The van der Waals surface area contributed by atoms with E-state index < -0.39 is 43.6 Å². The standard InChI is InChI=1S/C78H150ClO7P/c1-5-9-13-17-21-25-29-33-37-41-45-49-53-57-61-65-69-77(75(82)73-80,70-66-62-58-54-50-46-42-38-34-30-26-22-18-14-10-6-2)85-87(79,84)86-78(76(83)74-81,71-67-63-59-55-51-47-43-39-35-31-27-23-19-15-11-7-3)72-68-64-60-56-52-48-44-40-36-32-28-24-20-16-12-8-4/h33-40,75-76,80-83H,5-32,41-74H2,1-4H3/b37-33-,38-34-,39-35-,40-36-. The van der Waals surface area contributed by atoms with Gasteiger partial charge in [0.1, 0.15) is 23.4 Å². The Morgan fingerprint density at radius 3 is 0.598 bits per heavy atom. The molecule has 0 aromatic carbocycles. The van der Waals surface area contributed by atoms with Crippen LogP contribution in [-0.2, 0) is 13.6 Å². The largest absolute Gasteiger partial charge is 0.425 e. The third kappa shape index (κ3) is 55.4. The maximum absolute atomic E-state index is 15.1. The first-order valence-corrected chi connectivity index (χ1v) is 41.0. The molecule has 4 N–H and O–H groups in total. The van der Waals surface area contributed by atoms with Gasteiger partial charge >= 0.3 is 6.95 Å².